The number of hydrogen-bond acceptors (Lipinski definition) is 3. The molecule has 0 aromatic heterocycles. The molecule has 1 heterocycles. The van der Waals surface area contributed by atoms with Gasteiger partial charge in [0.2, 0.25) is 11.8 Å². The first-order valence-corrected chi connectivity index (χ1v) is 8.01. The van der Waals surface area contributed by atoms with Gasteiger partial charge in [-0.2, -0.15) is 0 Å². The molecule has 1 aliphatic heterocycles. The Morgan fingerprint density at radius 1 is 1.10 bits per heavy atom. The number of carbonyl (C=O) groups is 2. The molecule has 2 fully saturated rings. The van der Waals surface area contributed by atoms with Gasteiger partial charge in [-0.25, -0.2) is 0 Å². The lowest BCUT2D eigenvalue weighted by molar-refractivity contribution is -0.124. The van der Waals surface area contributed by atoms with Crippen molar-refractivity contribution in [1.29, 1.82) is 0 Å². The fourth-order valence-corrected chi connectivity index (χ4v) is 3.41. The molecule has 3 atom stereocenters. The van der Waals surface area contributed by atoms with Crippen molar-refractivity contribution in [3.8, 4) is 0 Å². The minimum atomic E-state index is -0.0661. The van der Waals surface area contributed by atoms with Crippen LogP contribution in [0.4, 0.5) is 0 Å². The van der Waals surface area contributed by atoms with E-state index in [9.17, 15) is 9.59 Å². The normalized spacial score (nSPS) is 29.4. The Hall–Kier alpha value is -1.10. The van der Waals surface area contributed by atoms with Gasteiger partial charge in [0.25, 0.3) is 0 Å². The molecule has 1 aliphatic carbocycles. The highest BCUT2D eigenvalue weighted by molar-refractivity contribution is 5.83. The molecule has 20 heavy (non-hydrogen) atoms. The Labute approximate surface area is 121 Å². The topological polar surface area (TPSA) is 70.2 Å². The number of piperidine rings is 1. The van der Waals surface area contributed by atoms with Gasteiger partial charge in [-0.1, -0.05) is 12.8 Å². The summed E-state index contributed by atoms with van der Waals surface area (Å²) < 4.78 is 0. The van der Waals surface area contributed by atoms with Crippen LogP contribution in [0.3, 0.4) is 0 Å². The van der Waals surface area contributed by atoms with Gasteiger partial charge in [-0.05, 0) is 38.5 Å². The first-order valence-electron chi connectivity index (χ1n) is 8.01. The van der Waals surface area contributed by atoms with E-state index in [0.717, 1.165) is 18.8 Å². The van der Waals surface area contributed by atoms with Gasteiger partial charge < -0.3 is 16.0 Å². The second-order valence-corrected chi connectivity index (χ2v) is 5.94. The van der Waals surface area contributed by atoms with Gasteiger partial charge in [0.05, 0.1) is 6.04 Å². The second-order valence-electron chi connectivity index (χ2n) is 5.94. The molecular formula is C15H27N3O2. The molecule has 0 radical (unpaired) electrons. The zero-order chi connectivity index (χ0) is 14.4. The van der Waals surface area contributed by atoms with E-state index in [0.29, 0.717) is 25.6 Å². The van der Waals surface area contributed by atoms with E-state index in [1.54, 1.807) is 0 Å². The number of amides is 2. The maximum absolute atomic E-state index is 12.1. The lowest BCUT2D eigenvalue weighted by Crippen LogP contribution is -2.55. The van der Waals surface area contributed by atoms with Crippen LogP contribution in [0, 0.1) is 5.92 Å². The van der Waals surface area contributed by atoms with Gasteiger partial charge in [-0.3, -0.25) is 9.59 Å². The molecular weight excluding hydrogens is 254 g/mol. The smallest absolute Gasteiger partial charge is 0.237 e. The molecule has 5 heteroatoms. The summed E-state index contributed by atoms with van der Waals surface area (Å²) in [5.74, 6) is 0.818. The Morgan fingerprint density at radius 2 is 1.90 bits per heavy atom. The zero-order valence-corrected chi connectivity index (χ0v) is 12.4. The highest BCUT2D eigenvalue weighted by Gasteiger charge is 2.34. The zero-order valence-electron chi connectivity index (χ0n) is 12.4. The first-order chi connectivity index (χ1) is 9.70. The van der Waals surface area contributed by atoms with Crippen molar-refractivity contribution in [2.45, 2.75) is 64.0 Å². The molecule has 1 saturated carbocycles. The van der Waals surface area contributed by atoms with Crippen LogP contribution in [0.2, 0.25) is 0 Å². The summed E-state index contributed by atoms with van der Waals surface area (Å²) >= 11 is 0. The van der Waals surface area contributed by atoms with E-state index in [-0.39, 0.29) is 17.9 Å². The van der Waals surface area contributed by atoms with Crippen LogP contribution in [0.1, 0.15) is 51.9 Å². The molecule has 5 nitrogen and oxygen atoms in total. The minimum absolute atomic E-state index is 0.00301. The van der Waals surface area contributed by atoms with Crippen molar-refractivity contribution in [3.63, 3.8) is 0 Å². The molecule has 3 unspecified atom stereocenters. The Bertz CT molecular complexity index is 346. The Balaban J connectivity index is 1.69. The number of carbonyl (C=O) groups excluding carboxylic acids is 2. The standard InChI is InChI=1S/C15H27N3O2/c1-2-16-14(19)9-10-17-15(20)13-8-7-11-5-3-4-6-12(11)18-13/h11-13,18H,2-10H2,1H3,(H,16,19)(H,17,20). The summed E-state index contributed by atoms with van der Waals surface area (Å²) in [5.41, 5.74) is 0. The molecule has 0 bridgehead atoms. The fraction of sp³-hybridized carbons (Fsp3) is 0.867. The number of nitrogens with one attached hydrogen (secondary N) is 3. The van der Waals surface area contributed by atoms with E-state index >= 15 is 0 Å². The molecule has 2 aliphatic rings. The lowest BCUT2D eigenvalue weighted by atomic mass is 9.77. The summed E-state index contributed by atoms with van der Waals surface area (Å²) in [5, 5.41) is 9.11. The quantitative estimate of drug-likeness (QED) is 0.702. The van der Waals surface area contributed by atoms with Crippen molar-refractivity contribution < 1.29 is 9.59 Å². The predicted molar refractivity (Wildman–Crippen MR) is 78.2 cm³/mol. The summed E-state index contributed by atoms with van der Waals surface area (Å²) in [4.78, 5) is 23.4. The van der Waals surface area contributed by atoms with Gasteiger partial charge in [0.1, 0.15) is 0 Å². The summed E-state index contributed by atoms with van der Waals surface area (Å²) in [6, 6.07) is 0.459. The number of rotatable bonds is 5. The Morgan fingerprint density at radius 3 is 2.70 bits per heavy atom. The average molecular weight is 281 g/mol. The van der Waals surface area contributed by atoms with Crippen LogP contribution < -0.4 is 16.0 Å². The SMILES string of the molecule is CCNC(=O)CCNC(=O)C1CCC2CCCCC2N1. The van der Waals surface area contributed by atoms with Crippen molar-refractivity contribution in [3.05, 3.63) is 0 Å². The molecule has 0 aromatic carbocycles. The molecule has 1 saturated heterocycles. The average Bonchev–Trinajstić information content (AvgIpc) is 2.47. The molecule has 2 amide bonds. The molecule has 0 spiro atoms. The lowest BCUT2D eigenvalue weighted by Gasteiger charge is -2.39. The predicted octanol–water partition coefficient (Wildman–Crippen LogP) is 0.940. The fourth-order valence-electron chi connectivity index (χ4n) is 3.41. The highest BCUT2D eigenvalue weighted by atomic mass is 16.2. The summed E-state index contributed by atoms with van der Waals surface area (Å²) in [7, 11) is 0. The van der Waals surface area contributed by atoms with Crippen LogP contribution in [0.15, 0.2) is 0 Å². The van der Waals surface area contributed by atoms with Crippen molar-refractivity contribution >= 4 is 11.8 Å². The first kappa shape index (κ1) is 15.3. The van der Waals surface area contributed by atoms with E-state index < -0.39 is 0 Å². The third kappa shape index (κ3) is 4.20. The van der Waals surface area contributed by atoms with Crippen molar-refractivity contribution in [2.75, 3.05) is 13.1 Å². The molecule has 3 N–H and O–H groups in total. The number of fused-ring (bicyclic) bond motifs is 1. The maximum Gasteiger partial charge on any atom is 0.237 e. The van der Waals surface area contributed by atoms with E-state index in [2.05, 4.69) is 16.0 Å². The third-order valence-electron chi connectivity index (χ3n) is 4.49. The van der Waals surface area contributed by atoms with Crippen molar-refractivity contribution in [1.82, 2.24) is 16.0 Å². The largest absolute Gasteiger partial charge is 0.356 e. The monoisotopic (exact) mass is 281 g/mol. The van der Waals surface area contributed by atoms with E-state index in [1.165, 1.54) is 25.7 Å². The summed E-state index contributed by atoms with van der Waals surface area (Å²) in [6.45, 7) is 2.96. The van der Waals surface area contributed by atoms with Gasteiger partial charge in [0, 0.05) is 25.6 Å². The van der Waals surface area contributed by atoms with E-state index in [4.69, 9.17) is 0 Å². The third-order valence-corrected chi connectivity index (χ3v) is 4.49. The van der Waals surface area contributed by atoms with Gasteiger partial charge >= 0.3 is 0 Å². The summed E-state index contributed by atoms with van der Waals surface area (Å²) in [6.07, 6.45) is 7.57. The second kappa shape index (κ2) is 7.62. The number of hydrogen-bond donors (Lipinski definition) is 3. The van der Waals surface area contributed by atoms with Crippen LogP contribution in [-0.4, -0.2) is 37.0 Å². The Kier molecular flexibility index (Phi) is 5.83. The molecule has 114 valence electrons. The van der Waals surface area contributed by atoms with Crippen LogP contribution in [0.25, 0.3) is 0 Å². The van der Waals surface area contributed by atoms with Crippen molar-refractivity contribution in [2.24, 2.45) is 5.92 Å². The molecule has 2 rings (SSSR count). The minimum Gasteiger partial charge on any atom is -0.356 e. The maximum atomic E-state index is 12.1. The van der Waals surface area contributed by atoms with Crippen LogP contribution in [-0.2, 0) is 9.59 Å². The highest BCUT2D eigenvalue weighted by Crippen LogP contribution is 2.32. The molecule has 0 aromatic rings. The van der Waals surface area contributed by atoms with Gasteiger partial charge in [0.15, 0.2) is 0 Å². The van der Waals surface area contributed by atoms with Crippen LogP contribution in [0.5, 0.6) is 0 Å². The van der Waals surface area contributed by atoms with E-state index in [1.807, 2.05) is 6.92 Å². The van der Waals surface area contributed by atoms with Crippen LogP contribution >= 0.6 is 0 Å². The van der Waals surface area contributed by atoms with Gasteiger partial charge in [-0.15, -0.1) is 0 Å².